The molecule has 0 aliphatic carbocycles. The van der Waals surface area contributed by atoms with Crippen LogP contribution in [0.2, 0.25) is 0 Å². The van der Waals surface area contributed by atoms with Crippen LogP contribution in [0.25, 0.3) is 11.0 Å². The molecule has 0 fully saturated rings. The van der Waals surface area contributed by atoms with E-state index in [-0.39, 0.29) is 12.1 Å². The first kappa shape index (κ1) is 16.5. The number of benzene rings is 2. The minimum absolute atomic E-state index is 0.132. The zero-order valence-electron chi connectivity index (χ0n) is 12.9. The number of hydrogen-bond donors (Lipinski definition) is 2. The first-order valence-electron chi connectivity index (χ1n) is 7.40. The summed E-state index contributed by atoms with van der Waals surface area (Å²) < 4.78 is 41.7. The molecular formula is C17H16F3N3O. The largest absolute Gasteiger partial charge is 0.394 e. The standard InChI is InChI=1S/C17H16F3N3O/c1-23-15-5-3-2-4-13(15)22-16(23)8-21-14(9-24)10-6-11(18)17(20)12(19)7-10/h2-7,14,21,24H,8-9H2,1H3. The van der Waals surface area contributed by atoms with Gasteiger partial charge in [0.15, 0.2) is 17.5 Å². The molecule has 0 saturated heterocycles. The van der Waals surface area contributed by atoms with Crippen LogP contribution < -0.4 is 5.32 Å². The van der Waals surface area contributed by atoms with Crippen LogP contribution in [0.3, 0.4) is 0 Å². The lowest BCUT2D eigenvalue weighted by Crippen LogP contribution is -2.25. The van der Waals surface area contributed by atoms with E-state index in [1.54, 1.807) is 0 Å². The molecule has 1 aromatic heterocycles. The third kappa shape index (κ3) is 3.00. The van der Waals surface area contributed by atoms with Gasteiger partial charge in [-0.25, -0.2) is 18.2 Å². The molecule has 2 aromatic carbocycles. The van der Waals surface area contributed by atoms with Crippen molar-refractivity contribution in [3.05, 3.63) is 65.2 Å². The summed E-state index contributed by atoms with van der Waals surface area (Å²) in [6.45, 7) is -0.120. The summed E-state index contributed by atoms with van der Waals surface area (Å²) in [5.41, 5.74) is 1.91. The quantitative estimate of drug-likeness (QED) is 0.705. The Morgan fingerprint density at radius 3 is 2.46 bits per heavy atom. The van der Waals surface area contributed by atoms with Gasteiger partial charge in [-0.1, -0.05) is 12.1 Å². The van der Waals surface area contributed by atoms with Gasteiger partial charge in [0.05, 0.1) is 30.2 Å². The minimum atomic E-state index is -1.52. The summed E-state index contributed by atoms with van der Waals surface area (Å²) in [6, 6.07) is 8.61. The number of nitrogens with one attached hydrogen (secondary N) is 1. The van der Waals surface area contributed by atoms with Crippen LogP contribution in [0.1, 0.15) is 17.4 Å². The molecule has 7 heteroatoms. The van der Waals surface area contributed by atoms with Crippen molar-refractivity contribution >= 4 is 11.0 Å². The smallest absolute Gasteiger partial charge is 0.194 e. The van der Waals surface area contributed by atoms with E-state index in [9.17, 15) is 18.3 Å². The number of aliphatic hydroxyl groups excluding tert-OH is 1. The molecule has 1 heterocycles. The highest BCUT2D eigenvalue weighted by atomic mass is 19.2. The molecule has 1 unspecified atom stereocenters. The van der Waals surface area contributed by atoms with Crippen molar-refractivity contribution in [2.75, 3.05) is 6.61 Å². The summed E-state index contributed by atoms with van der Waals surface area (Å²) in [5, 5.41) is 12.5. The number of aromatic nitrogens is 2. The van der Waals surface area contributed by atoms with Gasteiger partial charge in [0.2, 0.25) is 0 Å². The second kappa shape index (κ2) is 6.62. The first-order chi connectivity index (χ1) is 11.5. The number of fused-ring (bicyclic) bond motifs is 1. The maximum absolute atomic E-state index is 13.4. The molecule has 0 aliphatic rings. The Hall–Kier alpha value is -2.38. The average Bonchev–Trinajstić information content (AvgIpc) is 2.90. The number of rotatable bonds is 5. The van der Waals surface area contributed by atoms with Gasteiger partial charge in [0.1, 0.15) is 5.82 Å². The molecule has 0 radical (unpaired) electrons. The normalized spacial score (nSPS) is 12.7. The first-order valence-corrected chi connectivity index (χ1v) is 7.40. The Balaban J connectivity index is 1.82. The van der Waals surface area contributed by atoms with Crippen LogP contribution in [0.4, 0.5) is 13.2 Å². The zero-order valence-corrected chi connectivity index (χ0v) is 12.9. The molecule has 0 aliphatic heterocycles. The molecule has 126 valence electrons. The summed E-state index contributed by atoms with van der Waals surface area (Å²) in [7, 11) is 1.86. The van der Waals surface area contributed by atoms with Crippen LogP contribution in [0.5, 0.6) is 0 Å². The van der Waals surface area contributed by atoms with Gasteiger partial charge in [-0.15, -0.1) is 0 Å². The second-order valence-electron chi connectivity index (χ2n) is 5.49. The Morgan fingerprint density at radius 1 is 1.17 bits per heavy atom. The van der Waals surface area contributed by atoms with Crippen molar-refractivity contribution in [1.82, 2.24) is 14.9 Å². The van der Waals surface area contributed by atoms with Crippen molar-refractivity contribution in [3.63, 3.8) is 0 Å². The maximum atomic E-state index is 13.4. The fraction of sp³-hybridized carbons (Fsp3) is 0.235. The van der Waals surface area contributed by atoms with Crippen LogP contribution in [-0.4, -0.2) is 21.3 Å². The van der Waals surface area contributed by atoms with Crippen molar-refractivity contribution in [1.29, 1.82) is 0 Å². The molecule has 0 amide bonds. The molecule has 1 atom stereocenters. The fourth-order valence-corrected chi connectivity index (χ4v) is 2.63. The van der Waals surface area contributed by atoms with E-state index in [1.807, 2.05) is 35.9 Å². The van der Waals surface area contributed by atoms with E-state index in [2.05, 4.69) is 10.3 Å². The SMILES string of the molecule is Cn1c(CNC(CO)c2cc(F)c(F)c(F)c2)nc2ccccc21. The van der Waals surface area contributed by atoms with E-state index >= 15 is 0 Å². The van der Waals surface area contributed by atoms with Crippen LogP contribution >= 0.6 is 0 Å². The lowest BCUT2D eigenvalue weighted by Gasteiger charge is -2.17. The Labute approximate surface area is 136 Å². The number of imidazole rings is 1. The third-order valence-electron chi connectivity index (χ3n) is 3.98. The van der Waals surface area contributed by atoms with Crippen molar-refractivity contribution in [2.24, 2.45) is 7.05 Å². The molecule has 2 N–H and O–H groups in total. The van der Waals surface area contributed by atoms with Crippen molar-refractivity contribution in [2.45, 2.75) is 12.6 Å². The van der Waals surface area contributed by atoms with Gasteiger partial charge in [0, 0.05) is 7.05 Å². The highest BCUT2D eigenvalue weighted by molar-refractivity contribution is 5.75. The molecular weight excluding hydrogens is 319 g/mol. The van der Waals surface area contributed by atoms with Crippen LogP contribution in [0.15, 0.2) is 36.4 Å². The van der Waals surface area contributed by atoms with E-state index in [0.717, 1.165) is 23.2 Å². The summed E-state index contributed by atoms with van der Waals surface area (Å²) in [6.07, 6.45) is 0. The van der Waals surface area contributed by atoms with Gasteiger partial charge in [-0.3, -0.25) is 0 Å². The van der Waals surface area contributed by atoms with E-state index in [0.29, 0.717) is 5.82 Å². The van der Waals surface area contributed by atoms with Gasteiger partial charge in [0.25, 0.3) is 0 Å². The summed E-state index contributed by atoms with van der Waals surface area (Å²) in [5.74, 6) is -3.38. The number of para-hydroxylation sites is 2. The monoisotopic (exact) mass is 335 g/mol. The second-order valence-corrected chi connectivity index (χ2v) is 5.49. The average molecular weight is 335 g/mol. The Bertz CT molecular complexity index is 856. The third-order valence-corrected chi connectivity index (χ3v) is 3.98. The number of nitrogens with zero attached hydrogens (tertiary/aromatic N) is 2. The molecule has 3 aromatic rings. The van der Waals surface area contributed by atoms with E-state index in [1.165, 1.54) is 0 Å². The molecule has 0 saturated carbocycles. The fourth-order valence-electron chi connectivity index (χ4n) is 2.63. The minimum Gasteiger partial charge on any atom is -0.394 e. The molecule has 0 bridgehead atoms. The lowest BCUT2D eigenvalue weighted by molar-refractivity contribution is 0.241. The van der Waals surface area contributed by atoms with E-state index in [4.69, 9.17) is 0 Å². The van der Waals surface area contributed by atoms with Gasteiger partial charge < -0.3 is 15.0 Å². The van der Waals surface area contributed by atoms with E-state index < -0.39 is 30.1 Å². The summed E-state index contributed by atoms with van der Waals surface area (Å²) in [4.78, 5) is 4.47. The highest BCUT2D eigenvalue weighted by Gasteiger charge is 2.17. The van der Waals surface area contributed by atoms with Crippen LogP contribution in [0, 0.1) is 17.5 Å². The Morgan fingerprint density at radius 2 is 1.83 bits per heavy atom. The predicted molar refractivity (Wildman–Crippen MR) is 83.7 cm³/mol. The van der Waals surface area contributed by atoms with Crippen LogP contribution in [-0.2, 0) is 13.6 Å². The molecule has 24 heavy (non-hydrogen) atoms. The Kier molecular flexibility index (Phi) is 4.55. The molecule has 3 rings (SSSR count). The highest BCUT2D eigenvalue weighted by Crippen LogP contribution is 2.20. The van der Waals surface area contributed by atoms with Crippen molar-refractivity contribution in [3.8, 4) is 0 Å². The van der Waals surface area contributed by atoms with Gasteiger partial charge in [-0.05, 0) is 29.8 Å². The summed E-state index contributed by atoms with van der Waals surface area (Å²) >= 11 is 0. The van der Waals surface area contributed by atoms with Gasteiger partial charge in [-0.2, -0.15) is 0 Å². The topological polar surface area (TPSA) is 50.1 Å². The number of hydrogen-bond acceptors (Lipinski definition) is 3. The lowest BCUT2D eigenvalue weighted by atomic mass is 10.1. The number of aliphatic hydroxyl groups is 1. The molecule has 4 nitrogen and oxygen atoms in total. The predicted octanol–water partition coefficient (Wildman–Crippen LogP) is 2.81. The number of halogens is 3. The molecule has 0 spiro atoms. The zero-order chi connectivity index (χ0) is 17.3. The van der Waals surface area contributed by atoms with Crippen molar-refractivity contribution < 1.29 is 18.3 Å². The van der Waals surface area contributed by atoms with Gasteiger partial charge >= 0.3 is 0 Å². The number of aryl methyl sites for hydroxylation is 1. The maximum Gasteiger partial charge on any atom is 0.194 e.